The highest BCUT2D eigenvalue weighted by Crippen LogP contribution is 2.19. The van der Waals surface area contributed by atoms with Gasteiger partial charge in [-0.2, -0.15) is 0 Å². The maximum absolute atomic E-state index is 11.0. The van der Waals surface area contributed by atoms with Crippen LogP contribution in [0.3, 0.4) is 0 Å². The summed E-state index contributed by atoms with van der Waals surface area (Å²) in [5.41, 5.74) is 0.175. The quantitative estimate of drug-likeness (QED) is 0.624. The number of aryl methyl sites for hydroxylation is 1. The first kappa shape index (κ1) is 15.4. The molecule has 0 amide bonds. The van der Waals surface area contributed by atoms with Crippen LogP contribution in [0, 0.1) is 0 Å². The van der Waals surface area contributed by atoms with Crippen molar-refractivity contribution >= 4 is 17.7 Å². The number of aromatic nitrogens is 3. The van der Waals surface area contributed by atoms with E-state index in [2.05, 4.69) is 10.2 Å². The number of carboxylic acids is 1. The molecule has 0 aliphatic rings. The third-order valence-electron chi connectivity index (χ3n) is 2.93. The molecule has 0 bridgehead atoms. The third-order valence-corrected chi connectivity index (χ3v) is 3.92. The van der Waals surface area contributed by atoms with Gasteiger partial charge in [0, 0.05) is 19.2 Å². The van der Waals surface area contributed by atoms with Crippen molar-refractivity contribution in [3.63, 3.8) is 0 Å². The minimum Gasteiger partial charge on any atom is -0.492 e. The average molecular weight is 307 g/mol. The van der Waals surface area contributed by atoms with E-state index in [9.17, 15) is 4.79 Å². The number of carboxylic acid groups (broad SMARTS) is 1. The number of hydrogen-bond acceptors (Lipinski definition) is 5. The molecule has 21 heavy (non-hydrogen) atoms. The number of nitrogens with zero attached hydrogens (tertiary/aromatic N) is 3. The van der Waals surface area contributed by atoms with Gasteiger partial charge in [-0.3, -0.25) is 0 Å². The fourth-order valence-electron chi connectivity index (χ4n) is 1.83. The van der Waals surface area contributed by atoms with Crippen LogP contribution in [0.15, 0.2) is 29.4 Å². The van der Waals surface area contributed by atoms with Gasteiger partial charge < -0.3 is 14.4 Å². The molecule has 0 atom stereocenters. The summed E-state index contributed by atoms with van der Waals surface area (Å²) < 4.78 is 7.49. The predicted octanol–water partition coefficient (Wildman–Crippen LogP) is 2.25. The van der Waals surface area contributed by atoms with E-state index >= 15 is 0 Å². The molecular formula is C14H17N3O3S. The number of carbonyl (C=O) groups is 1. The largest absolute Gasteiger partial charge is 0.492 e. The minimum atomic E-state index is -0.987. The van der Waals surface area contributed by atoms with Gasteiger partial charge in [-0.15, -0.1) is 10.2 Å². The number of benzene rings is 1. The summed E-state index contributed by atoms with van der Waals surface area (Å²) in [5.74, 6) is 1.01. The smallest absolute Gasteiger partial charge is 0.339 e. The highest BCUT2D eigenvalue weighted by Gasteiger charge is 2.11. The van der Waals surface area contributed by atoms with Crippen LogP contribution >= 0.6 is 11.8 Å². The molecule has 112 valence electrons. The van der Waals surface area contributed by atoms with Gasteiger partial charge in [0.05, 0.1) is 6.61 Å². The third kappa shape index (κ3) is 3.75. The molecule has 0 aliphatic heterocycles. The molecule has 6 nitrogen and oxygen atoms in total. The second-order valence-electron chi connectivity index (χ2n) is 4.31. The lowest BCUT2D eigenvalue weighted by molar-refractivity contribution is 0.0692. The standard InChI is InChI=1S/C14H17N3O3S/c1-3-12-15-16-14(17(12)2)21-9-8-20-11-7-5-4-6-10(11)13(18)19/h4-7H,3,8-9H2,1-2H3,(H,18,19). The molecule has 7 heteroatoms. The maximum atomic E-state index is 11.0. The van der Waals surface area contributed by atoms with Crippen molar-refractivity contribution in [1.29, 1.82) is 0 Å². The van der Waals surface area contributed by atoms with Crippen LogP contribution < -0.4 is 4.74 Å². The monoisotopic (exact) mass is 307 g/mol. The van der Waals surface area contributed by atoms with E-state index in [0.717, 1.165) is 17.4 Å². The fourth-order valence-corrected chi connectivity index (χ4v) is 2.58. The van der Waals surface area contributed by atoms with Gasteiger partial charge in [0.15, 0.2) is 5.16 Å². The van der Waals surface area contributed by atoms with E-state index in [0.29, 0.717) is 18.1 Å². The van der Waals surface area contributed by atoms with Gasteiger partial charge >= 0.3 is 5.97 Å². The first-order chi connectivity index (χ1) is 10.1. The van der Waals surface area contributed by atoms with Gasteiger partial charge in [0.25, 0.3) is 0 Å². The fraction of sp³-hybridized carbons (Fsp3) is 0.357. The molecule has 0 fully saturated rings. The van der Waals surface area contributed by atoms with Crippen molar-refractivity contribution in [2.45, 2.75) is 18.5 Å². The normalized spacial score (nSPS) is 10.6. The van der Waals surface area contributed by atoms with Gasteiger partial charge in [-0.1, -0.05) is 30.8 Å². The van der Waals surface area contributed by atoms with Crippen LogP contribution in [-0.2, 0) is 13.5 Å². The molecule has 0 saturated heterocycles. The molecule has 0 unspecified atom stereocenters. The topological polar surface area (TPSA) is 77.2 Å². The summed E-state index contributed by atoms with van der Waals surface area (Å²) in [6.07, 6.45) is 0.840. The lowest BCUT2D eigenvalue weighted by Crippen LogP contribution is -2.06. The number of aromatic carboxylic acids is 1. The SMILES string of the molecule is CCc1nnc(SCCOc2ccccc2C(=O)O)n1C. The van der Waals surface area contributed by atoms with Crippen molar-refractivity contribution < 1.29 is 14.6 Å². The Hall–Kier alpha value is -2.02. The number of ether oxygens (including phenoxy) is 1. The van der Waals surface area contributed by atoms with Gasteiger partial charge in [0.1, 0.15) is 17.1 Å². The summed E-state index contributed by atoms with van der Waals surface area (Å²) in [7, 11) is 1.93. The molecule has 0 aliphatic carbocycles. The van der Waals surface area contributed by atoms with Crippen molar-refractivity contribution in [1.82, 2.24) is 14.8 Å². The minimum absolute atomic E-state index is 0.175. The Bertz CT molecular complexity index is 628. The zero-order chi connectivity index (χ0) is 15.2. The first-order valence-corrected chi connectivity index (χ1v) is 7.58. The number of thioether (sulfide) groups is 1. The van der Waals surface area contributed by atoms with Crippen LogP contribution in [-0.4, -0.2) is 38.2 Å². The Morgan fingerprint density at radius 1 is 1.38 bits per heavy atom. The Kier molecular flexibility index (Phi) is 5.21. The van der Waals surface area contributed by atoms with Crippen molar-refractivity contribution in [2.75, 3.05) is 12.4 Å². The molecule has 1 heterocycles. The molecule has 0 radical (unpaired) electrons. The number of para-hydroxylation sites is 1. The summed E-state index contributed by atoms with van der Waals surface area (Å²) >= 11 is 1.53. The number of rotatable bonds is 7. The van der Waals surface area contributed by atoms with Crippen molar-refractivity contribution in [3.05, 3.63) is 35.7 Å². The lowest BCUT2D eigenvalue weighted by Gasteiger charge is -2.08. The molecule has 0 saturated carbocycles. The van der Waals surface area contributed by atoms with E-state index in [4.69, 9.17) is 9.84 Å². The van der Waals surface area contributed by atoms with E-state index in [-0.39, 0.29) is 5.56 Å². The second kappa shape index (κ2) is 7.12. The Labute approximate surface area is 127 Å². The van der Waals surface area contributed by atoms with E-state index in [1.807, 2.05) is 18.5 Å². The first-order valence-electron chi connectivity index (χ1n) is 6.59. The Morgan fingerprint density at radius 3 is 2.81 bits per heavy atom. The molecule has 1 aromatic carbocycles. The molecule has 2 aromatic rings. The Morgan fingerprint density at radius 2 is 2.14 bits per heavy atom. The van der Waals surface area contributed by atoms with Gasteiger partial charge in [0.2, 0.25) is 0 Å². The van der Waals surface area contributed by atoms with Crippen LogP contribution in [0.2, 0.25) is 0 Å². The van der Waals surface area contributed by atoms with Gasteiger partial charge in [-0.05, 0) is 12.1 Å². The van der Waals surface area contributed by atoms with Crippen molar-refractivity contribution in [2.24, 2.45) is 7.05 Å². The van der Waals surface area contributed by atoms with E-state index < -0.39 is 5.97 Å². The maximum Gasteiger partial charge on any atom is 0.339 e. The second-order valence-corrected chi connectivity index (χ2v) is 5.37. The van der Waals surface area contributed by atoms with Crippen LogP contribution in [0.1, 0.15) is 23.1 Å². The summed E-state index contributed by atoms with van der Waals surface area (Å²) in [5, 5.41) is 18.1. The predicted molar refractivity (Wildman–Crippen MR) is 80.0 cm³/mol. The summed E-state index contributed by atoms with van der Waals surface area (Å²) in [6, 6.07) is 6.62. The van der Waals surface area contributed by atoms with E-state index in [1.54, 1.807) is 18.2 Å². The average Bonchev–Trinajstić information content (AvgIpc) is 2.84. The highest BCUT2D eigenvalue weighted by molar-refractivity contribution is 7.99. The van der Waals surface area contributed by atoms with E-state index in [1.165, 1.54) is 17.8 Å². The summed E-state index contributed by atoms with van der Waals surface area (Å²) in [4.78, 5) is 11.0. The molecule has 0 spiro atoms. The number of hydrogen-bond donors (Lipinski definition) is 1. The molecular weight excluding hydrogens is 290 g/mol. The zero-order valence-corrected chi connectivity index (χ0v) is 12.8. The molecule has 1 aromatic heterocycles. The van der Waals surface area contributed by atoms with Crippen LogP contribution in [0.4, 0.5) is 0 Å². The lowest BCUT2D eigenvalue weighted by atomic mass is 10.2. The zero-order valence-electron chi connectivity index (χ0n) is 11.9. The Balaban J connectivity index is 1.88. The van der Waals surface area contributed by atoms with Crippen LogP contribution in [0.5, 0.6) is 5.75 Å². The van der Waals surface area contributed by atoms with Crippen LogP contribution in [0.25, 0.3) is 0 Å². The molecule has 2 rings (SSSR count). The van der Waals surface area contributed by atoms with Crippen molar-refractivity contribution in [3.8, 4) is 5.75 Å². The molecule has 1 N–H and O–H groups in total. The highest BCUT2D eigenvalue weighted by atomic mass is 32.2. The summed E-state index contributed by atoms with van der Waals surface area (Å²) in [6.45, 7) is 2.44. The van der Waals surface area contributed by atoms with Gasteiger partial charge in [-0.25, -0.2) is 4.79 Å².